The molecule has 0 aliphatic heterocycles. The smallest absolute Gasteiger partial charge is 0.0616 e. The van der Waals surface area contributed by atoms with Gasteiger partial charge >= 0.3 is 0 Å². The highest BCUT2D eigenvalue weighted by atomic mass is 16.5. The number of aliphatic hydroxyl groups is 2. The van der Waals surface area contributed by atoms with Gasteiger partial charge in [0.25, 0.3) is 0 Å². The van der Waals surface area contributed by atoms with Gasteiger partial charge in [-0.1, -0.05) is 45.3 Å². The summed E-state index contributed by atoms with van der Waals surface area (Å²) in [5.41, 5.74) is 0.309. The zero-order valence-electron chi connectivity index (χ0n) is 25.3. The SMILES string of the molecule is COCC1CC(C2(C3CC(C)C(O)[C@H](COC)C3)C3CC=CCC3C3C4CCCCC4CCC32)CC(C)C1O. The highest BCUT2D eigenvalue weighted by molar-refractivity contribution is 5.19. The van der Waals surface area contributed by atoms with Crippen LogP contribution in [0.3, 0.4) is 0 Å². The Hall–Kier alpha value is -0.420. The largest absolute Gasteiger partial charge is 0.392 e. The molecule has 39 heavy (non-hydrogen) atoms. The second-order valence-electron chi connectivity index (χ2n) is 15.4. The third kappa shape index (κ3) is 4.70. The van der Waals surface area contributed by atoms with Crippen LogP contribution in [0, 0.1) is 76.4 Å². The summed E-state index contributed by atoms with van der Waals surface area (Å²) in [7, 11) is 3.63. The maximum absolute atomic E-state index is 11.3. The lowest BCUT2D eigenvalue weighted by Gasteiger charge is -2.60. The van der Waals surface area contributed by atoms with Crippen LogP contribution in [0.5, 0.6) is 0 Å². The second-order valence-corrected chi connectivity index (χ2v) is 15.4. The third-order valence-electron chi connectivity index (χ3n) is 13.8. The normalized spacial score (nSPS) is 53.6. The van der Waals surface area contributed by atoms with Gasteiger partial charge in [-0.25, -0.2) is 0 Å². The fraction of sp³-hybridized carbons (Fsp3) is 0.943. The molecule has 15 atom stereocenters. The Morgan fingerprint density at radius 1 is 0.692 bits per heavy atom. The van der Waals surface area contributed by atoms with Crippen molar-refractivity contribution in [3.63, 3.8) is 0 Å². The highest BCUT2D eigenvalue weighted by Crippen LogP contribution is 2.74. The summed E-state index contributed by atoms with van der Waals surface area (Å²) in [4.78, 5) is 0. The Bertz CT molecular complexity index is 822. The lowest BCUT2D eigenvalue weighted by molar-refractivity contribution is -0.145. The van der Waals surface area contributed by atoms with Crippen LogP contribution in [0.1, 0.15) is 90.9 Å². The van der Waals surface area contributed by atoms with Crippen LogP contribution in [0.2, 0.25) is 0 Å². The van der Waals surface area contributed by atoms with Gasteiger partial charge in [0.1, 0.15) is 0 Å². The van der Waals surface area contributed by atoms with Crippen molar-refractivity contribution in [3.05, 3.63) is 12.2 Å². The first-order chi connectivity index (χ1) is 18.9. The minimum atomic E-state index is -0.250. The molecule has 4 heteroatoms. The number of ether oxygens (including phenoxy) is 2. The zero-order valence-corrected chi connectivity index (χ0v) is 25.3. The number of hydrogen-bond acceptors (Lipinski definition) is 4. The summed E-state index contributed by atoms with van der Waals surface area (Å²) in [6.07, 6.45) is 20.4. The van der Waals surface area contributed by atoms with E-state index in [4.69, 9.17) is 9.47 Å². The summed E-state index contributed by atoms with van der Waals surface area (Å²) < 4.78 is 11.5. The topological polar surface area (TPSA) is 58.9 Å². The Kier molecular flexibility index (Phi) is 8.60. The summed E-state index contributed by atoms with van der Waals surface area (Å²) in [5, 5.41) is 22.6. The van der Waals surface area contributed by atoms with Crippen LogP contribution in [0.4, 0.5) is 0 Å². The van der Waals surface area contributed by atoms with E-state index in [0.717, 1.165) is 61.2 Å². The average molecular weight is 543 g/mol. The van der Waals surface area contributed by atoms with Crippen molar-refractivity contribution in [1.82, 2.24) is 0 Å². The minimum absolute atomic E-state index is 0.240. The van der Waals surface area contributed by atoms with Crippen LogP contribution in [-0.2, 0) is 9.47 Å². The van der Waals surface area contributed by atoms with E-state index >= 15 is 0 Å². The summed E-state index contributed by atoms with van der Waals surface area (Å²) >= 11 is 0. The first-order valence-electron chi connectivity index (χ1n) is 16.9. The van der Waals surface area contributed by atoms with Gasteiger partial charge in [0, 0.05) is 26.1 Å². The standard InChI is InChI=1S/C35H58O4/c1-21-15-26(17-24(19-38-3)33(21)36)35(27-16-22(2)34(37)25(18-27)20-39-4)30-12-8-7-11-29(30)32-28-10-6-5-9-23(28)13-14-31(32)35/h7-8,21-34,36-37H,5-6,9-20H2,1-4H3/t21?,22?,23?,24-,25?,26?,27?,28?,29?,30?,31?,32?,33?,34?,35?/m0/s1. The first-order valence-corrected chi connectivity index (χ1v) is 16.9. The van der Waals surface area contributed by atoms with E-state index in [1.54, 1.807) is 0 Å². The number of hydrogen-bond donors (Lipinski definition) is 2. The predicted octanol–water partition coefficient (Wildman–Crippen LogP) is 6.74. The molecule has 0 radical (unpaired) electrons. The van der Waals surface area contributed by atoms with E-state index in [0.29, 0.717) is 42.3 Å². The van der Waals surface area contributed by atoms with Crippen LogP contribution >= 0.6 is 0 Å². The van der Waals surface area contributed by atoms with Crippen molar-refractivity contribution in [3.8, 4) is 0 Å². The average Bonchev–Trinajstić information content (AvgIpc) is 3.25. The summed E-state index contributed by atoms with van der Waals surface area (Å²) in [6, 6.07) is 0. The molecule has 6 rings (SSSR count). The first kappa shape index (κ1) is 28.7. The molecular formula is C35H58O4. The molecule has 6 aliphatic rings. The Labute approximate surface area is 238 Å². The fourth-order valence-corrected chi connectivity index (χ4v) is 12.7. The van der Waals surface area contributed by atoms with E-state index in [9.17, 15) is 10.2 Å². The summed E-state index contributed by atoms with van der Waals surface area (Å²) in [5.74, 6) is 7.57. The molecule has 0 amide bonds. The second kappa shape index (κ2) is 11.7. The zero-order chi connectivity index (χ0) is 27.3. The molecule has 0 spiro atoms. The van der Waals surface area contributed by atoms with E-state index < -0.39 is 0 Å². The number of aliphatic hydroxyl groups excluding tert-OH is 2. The molecule has 0 heterocycles. The van der Waals surface area contributed by atoms with Gasteiger partial charge in [0.15, 0.2) is 0 Å². The van der Waals surface area contributed by atoms with Crippen LogP contribution in [0.25, 0.3) is 0 Å². The molecule has 0 bridgehead atoms. The molecule has 6 aliphatic carbocycles. The molecule has 14 unspecified atom stereocenters. The highest BCUT2D eigenvalue weighted by Gasteiger charge is 2.68. The molecule has 5 saturated carbocycles. The lowest BCUT2D eigenvalue weighted by atomic mass is 9.45. The molecular weight excluding hydrogens is 484 g/mol. The number of rotatable bonds is 6. The van der Waals surface area contributed by atoms with Gasteiger partial charge in [-0.15, -0.1) is 0 Å². The van der Waals surface area contributed by atoms with E-state index in [-0.39, 0.29) is 24.0 Å². The van der Waals surface area contributed by atoms with Gasteiger partial charge in [0.05, 0.1) is 25.4 Å². The van der Waals surface area contributed by atoms with Gasteiger partial charge < -0.3 is 19.7 Å². The van der Waals surface area contributed by atoms with E-state index in [2.05, 4.69) is 26.0 Å². The van der Waals surface area contributed by atoms with E-state index in [1.807, 2.05) is 14.2 Å². The van der Waals surface area contributed by atoms with Gasteiger partial charge in [-0.05, 0) is 122 Å². The molecule has 5 fully saturated rings. The fourth-order valence-electron chi connectivity index (χ4n) is 12.7. The monoisotopic (exact) mass is 542 g/mol. The van der Waals surface area contributed by atoms with Crippen molar-refractivity contribution < 1.29 is 19.7 Å². The molecule has 0 aromatic heterocycles. The molecule has 0 aromatic rings. The van der Waals surface area contributed by atoms with Crippen molar-refractivity contribution in [2.75, 3.05) is 27.4 Å². The van der Waals surface area contributed by atoms with Crippen molar-refractivity contribution >= 4 is 0 Å². The molecule has 0 aromatic carbocycles. The number of allylic oxidation sites excluding steroid dienone is 2. The Morgan fingerprint density at radius 2 is 1.28 bits per heavy atom. The molecule has 222 valence electrons. The maximum atomic E-state index is 11.3. The molecule has 0 saturated heterocycles. The van der Waals surface area contributed by atoms with Crippen LogP contribution < -0.4 is 0 Å². The van der Waals surface area contributed by atoms with Crippen LogP contribution in [0.15, 0.2) is 12.2 Å². The number of fused-ring (bicyclic) bond motifs is 5. The van der Waals surface area contributed by atoms with E-state index in [1.165, 1.54) is 51.4 Å². The molecule has 2 N–H and O–H groups in total. The Balaban J connectivity index is 1.47. The van der Waals surface area contributed by atoms with Gasteiger partial charge in [-0.2, -0.15) is 0 Å². The Morgan fingerprint density at radius 3 is 1.90 bits per heavy atom. The van der Waals surface area contributed by atoms with Crippen molar-refractivity contribution in [2.24, 2.45) is 76.4 Å². The van der Waals surface area contributed by atoms with Crippen molar-refractivity contribution in [1.29, 1.82) is 0 Å². The van der Waals surface area contributed by atoms with Crippen molar-refractivity contribution in [2.45, 2.75) is 103 Å². The lowest BCUT2D eigenvalue weighted by Crippen LogP contribution is -2.56. The minimum Gasteiger partial charge on any atom is -0.392 e. The third-order valence-corrected chi connectivity index (χ3v) is 13.8. The van der Waals surface area contributed by atoms with Crippen LogP contribution in [-0.4, -0.2) is 49.9 Å². The quantitative estimate of drug-likeness (QED) is 0.365. The number of methoxy groups -OCH3 is 2. The maximum Gasteiger partial charge on any atom is 0.0616 e. The van der Waals surface area contributed by atoms with Gasteiger partial charge in [0.2, 0.25) is 0 Å². The van der Waals surface area contributed by atoms with Gasteiger partial charge in [-0.3, -0.25) is 0 Å². The predicted molar refractivity (Wildman–Crippen MR) is 156 cm³/mol. The molecule has 4 nitrogen and oxygen atoms in total. The summed E-state index contributed by atoms with van der Waals surface area (Å²) in [6.45, 7) is 5.99.